The van der Waals surface area contributed by atoms with Crippen molar-refractivity contribution in [3.8, 4) is 0 Å². The quantitative estimate of drug-likeness (QED) is 0.787. The molecule has 1 aliphatic rings. The third-order valence-corrected chi connectivity index (χ3v) is 2.24. The highest BCUT2D eigenvalue weighted by Crippen LogP contribution is 2.26. The molecule has 0 aromatic carbocycles. The average molecular weight is 231 g/mol. The van der Waals surface area contributed by atoms with Crippen LogP contribution in [0.15, 0.2) is 0 Å². The van der Waals surface area contributed by atoms with Crippen molar-refractivity contribution in [3.05, 3.63) is 0 Å². The van der Waals surface area contributed by atoms with Gasteiger partial charge in [0.05, 0.1) is 26.3 Å². The highest BCUT2D eigenvalue weighted by atomic mass is 16.6. The molecule has 1 fully saturated rings. The number of hydrogen-bond acceptors (Lipinski definition) is 4. The van der Waals surface area contributed by atoms with Gasteiger partial charge >= 0.3 is 6.09 Å². The summed E-state index contributed by atoms with van der Waals surface area (Å²) in [6.45, 7) is 8.78. The fourth-order valence-electron chi connectivity index (χ4n) is 1.60. The Bertz CT molecular complexity index is 253. The second-order valence-electron chi connectivity index (χ2n) is 5.36. The summed E-state index contributed by atoms with van der Waals surface area (Å²) in [6, 6.07) is 0. The van der Waals surface area contributed by atoms with Gasteiger partial charge in [-0.3, -0.25) is 0 Å². The zero-order chi connectivity index (χ0) is 12.4. The van der Waals surface area contributed by atoms with E-state index in [1.165, 1.54) is 0 Å². The average Bonchev–Trinajstić information content (AvgIpc) is 2.07. The van der Waals surface area contributed by atoms with E-state index in [9.17, 15) is 4.79 Å². The van der Waals surface area contributed by atoms with Gasteiger partial charge in [0.15, 0.2) is 0 Å². The minimum Gasteiger partial charge on any atom is -0.444 e. The molecule has 0 radical (unpaired) electrons. The van der Waals surface area contributed by atoms with Gasteiger partial charge in [0.1, 0.15) is 11.2 Å². The van der Waals surface area contributed by atoms with Gasteiger partial charge in [-0.1, -0.05) is 0 Å². The van der Waals surface area contributed by atoms with E-state index >= 15 is 0 Å². The Morgan fingerprint density at radius 2 is 2.00 bits per heavy atom. The van der Waals surface area contributed by atoms with Gasteiger partial charge in [-0.25, -0.2) is 4.79 Å². The molecule has 1 rings (SSSR count). The summed E-state index contributed by atoms with van der Waals surface area (Å²) >= 11 is 0. The fourth-order valence-corrected chi connectivity index (χ4v) is 1.60. The van der Waals surface area contributed by atoms with Gasteiger partial charge in [-0.05, 0) is 27.7 Å². The van der Waals surface area contributed by atoms with Gasteiger partial charge < -0.3 is 19.5 Å². The number of carbonyl (C=O) groups excluding carboxylic acids is 1. The normalized spacial score (nSPS) is 19.2. The molecule has 0 bridgehead atoms. The van der Waals surface area contributed by atoms with Crippen molar-refractivity contribution in [3.63, 3.8) is 0 Å². The second-order valence-corrected chi connectivity index (χ2v) is 5.36. The van der Waals surface area contributed by atoms with E-state index in [0.717, 1.165) is 0 Å². The molecule has 5 nitrogen and oxygen atoms in total. The van der Waals surface area contributed by atoms with E-state index < -0.39 is 5.60 Å². The summed E-state index contributed by atoms with van der Waals surface area (Å²) in [5.74, 6) is 0. The highest BCUT2D eigenvalue weighted by Gasteiger charge is 2.43. The van der Waals surface area contributed by atoms with Crippen molar-refractivity contribution in [2.75, 3.05) is 26.3 Å². The van der Waals surface area contributed by atoms with Crippen LogP contribution in [0, 0.1) is 0 Å². The Morgan fingerprint density at radius 3 is 2.44 bits per heavy atom. The maximum Gasteiger partial charge on any atom is 0.410 e. The Labute approximate surface area is 96.3 Å². The van der Waals surface area contributed by atoms with Crippen LogP contribution in [0.3, 0.4) is 0 Å². The molecule has 94 valence electrons. The van der Waals surface area contributed by atoms with Crippen molar-refractivity contribution >= 4 is 6.09 Å². The van der Waals surface area contributed by atoms with Crippen molar-refractivity contribution < 1.29 is 19.4 Å². The topological polar surface area (TPSA) is 59.0 Å². The molecule has 5 heteroatoms. The molecule has 0 unspecified atom stereocenters. The van der Waals surface area contributed by atoms with E-state index in [1.54, 1.807) is 4.90 Å². The standard InChI is InChI=1S/C11H21NO4/c1-10(2,3)16-9(14)12-7-11(4,8-12)15-6-5-13/h13H,5-8H2,1-4H3. The minimum absolute atomic E-state index is 0.00201. The first-order valence-corrected chi connectivity index (χ1v) is 5.48. The zero-order valence-corrected chi connectivity index (χ0v) is 10.4. The summed E-state index contributed by atoms with van der Waals surface area (Å²) in [5.41, 5.74) is -0.797. The van der Waals surface area contributed by atoms with E-state index in [1.807, 2.05) is 27.7 Å². The lowest BCUT2D eigenvalue weighted by Crippen LogP contribution is -2.63. The molecular weight excluding hydrogens is 210 g/mol. The first kappa shape index (κ1) is 13.3. The molecule has 1 saturated heterocycles. The lowest BCUT2D eigenvalue weighted by atomic mass is 9.97. The number of carbonyl (C=O) groups is 1. The van der Waals surface area contributed by atoms with Crippen LogP contribution < -0.4 is 0 Å². The number of aliphatic hydroxyl groups excluding tert-OH is 1. The second kappa shape index (κ2) is 4.59. The van der Waals surface area contributed by atoms with Crippen LogP contribution in [0.1, 0.15) is 27.7 Å². The third-order valence-electron chi connectivity index (χ3n) is 2.24. The number of hydrogen-bond donors (Lipinski definition) is 1. The lowest BCUT2D eigenvalue weighted by molar-refractivity contribution is -0.133. The summed E-state index contributed by atoms with van der Waals surface area (Å²) in [6.07, 6.45) is -0.308. The van der Waals surface area contributed by atoms with Crippen LogP contribution >= 0.6 is 0 Å². The van der Waals surface area contributed by atoms with Gasteiger partial charge in [-0.15, -0.1) is 0 Å². The summed E-state index contributed by atoms with van der Waals surface area (Å²) in [5, 5.41) is 8.65. The molecular formula is C11H21NO4. The number of likely N-dealkylation sites (tertiary alicyclic amines) is 1. The van der Waals surface area contributed by atoms with Crippen LogP contribution in [-0.4, -0.2) is 53.6 Å². The molecule has 16 heavy (non-hydrogen) atoms. The Kier molecular flexibility index (Phi) is 3.80. The molecule has 0 spiro atoms. The Morgan fingerprint density at radius 1 is 1.44 bits per heavy atom. The maximum atomic E-state index is 11.6. The van der Waals surface area contributed by atoms with Crippen LogP contribution in [0.25, 0.3) is 0 Å². The first-order chi connectivity index (χ1) is 7.26. The Balaban J connectivity index is 2.32. The highest BCUT2D eigenvalue weighted by molar-refractivity contribution is 5.69. The van der Waals surface area contributed by atoms with Crippen LogP contribution in [0.5, 0.6) is 0 Å². The predicted octanol–water partition coefficient (Wildman–Crippen LogP) is 1.00. The summed E-state index contributed by atoms with van der Waals surface area (Å²) < 4.78 is 10.6. The van der Waals surface area contributed by atoms with E-state index in [0.29, 0.717) is 19.7 Å². The van der Waals surface area contributed by atoms with Gasteiger partial charge in [-0.2, -0.15) is 0 Å². The monoisotopic (exact) mass is 231 g/mol. The van der Waals surface area contributed by atoms with Crippen LogP contribution in [0.4, 0.5) is 4.79 Å². The van der Waals surface area contributed by atoms with Gasteiger partial charge in [0.2, 0.25) is 0 Å². The third kappa shape index (κ3) is 3.64. The number of ether oxygens (including phenoxy) is 2. The molecule has 1 heterocycles. The van der Waals surface area contributed by atoms with Crippen LogP contribution in [0.2, 0.25) is 0 Å². The SMILES string of the molecule is CC(C)(C)OC(=O)N1CC(C)(OCCO)C1. The summed E-state index contributed by atoms with van der Waals surface area (Å²) in [7, 11) is 0. The molecule has 0 atom stereocenters. The number of amides is 1. The van der Waals surface area contributed by atoms with Crippen molar-refractivity contribution in [1.29, 1.82) is 0 Å². The molecule has 0 saturated carbocycles. The van der Waals surface area contributed by atoms with Crippen molar-refractivity contribution in [2.24, 2.45) is 0 Å². The summed E-state index contributed by atoms with van der Waals surface area (Å²) in [4.78, 5) is 13.2. The molecule has 1 aliphatic heterocycles. The minimum atomic E-state index is -0.463. The van der Waals surface area contributed by atoms with E-state index in [4.69, 9.17) is 14.6 Å². The molecule has 1 N–H and O–H groups in total. The largest absolute Gasteiger partial charge is 0.444 e. The molecule has 0 aromatic rings. The van der Waals surface area contributed by atoms with Gasteiger partial charge in [0, 0.05) is 0 Å². The number of aliphatic hydroxyl groups is 1. The Hall–Kier alpha value is -0.810. The smallest absolute Gasteiger partial charge is 0.410 e. The fraction of sp³-hybridized carbons (Fsp3) is 0.909. The zero-order valence-electron chi connectivity index (χ0n) is 10.4. The molecule has 0 aromatic heterocycles. The maximum absolute atomic E-state index is 11.6. The number of nitrogens with zero attached hydrogens (tertiary/aromatic N) is 1. The first-order valence-electron chi connectivity index (χ1n) is 5.48. The van der Waals surface area contributed by atoms with Crippen molar-refractivity contribution in [1.82, 2.24) is 4.90 Å². The lowest BCUT2D eigenvalue weighted by Gasteiger charge is -2.47. The molecule has 0 aliphatic carbocycles. The van der Waals surface area contributed by atoms with Gasteiger partial charge in [0.25, 0.3) is 0 Å². The van der Waals surface area contributed by atoms with Crippen molar-refractivity contribution in [2.45, 2.75) is 38.9 Å². The van der Waals surface area contributed by atoms with E-state index in [-0.39, 0.29) is 18.3 Å². The predicted molar refractivity (Wildman–Crippen MR) is 59.2 cm³/mol. The van der Waals surface area contributed by atoms with Crippen LogP contribution in [-0.2, 0) is 9.47 Å². The van der Waals surface area contributed by atoms with E-state index in [2.05, 4.69) is 0 Å². The number of rotatable bonds is 3. The molecule has 1 amide bonds.